The normalized spacial score (nSPS) is 14.4. The predicted octanol–water partition coefficient (Wildman–Crippen LogP) is 3.69. The Balaban J connectivity index is 1.36. The molecule has 1 aromatic heterocycles. The number of nitrogens with one attached hydrogen (secondary N) is 2. The quantitative estimate of drug-likeness (QED) is 0.508. The lowest BCUT2D eigenvalue weighted by Crippen LogP contribution is -2.45. The zero-order valence-electron chi connectivity index (χ0n) is 17.8. The summed E-state index contributed by atoms with van der Waals surface area (Å²) in [6, 6.07) is 17.2. The van der Waals surface area contributed by atoms with Gasteiger partial charge in [-0.25, -0.2) is 9.97 Å². The second kappa shape index (κ2) is 10.5. The Labute approximate surface area is 193 Å². The summed E-state index contributed by atoms with van der Waals surface area (Å²) in [4.78, 5) is 23.6. The number of likely N-dealkylation sites (tertiary alicyclic amines) is 1. The summed E-state index contributed by atoms with van der Waals surface area (Å²) in [6.45, 7) is 2.97. The first-order valence-electron chi connectivity index (χ1n) is 10.8. The van der Waals surface area contributed by atoms with Crippen LogP contribution >= 0.6 is 11.6 Å². The van der Waals surface area contributed by atoms with Crippen LogP contribution in [-0.2, 0) is 0 Å². The molecule has 166 valence electrons. The molecule has 1 saturated heterocycles. The molecule has 4 rings (SSSR count). The van der Waals surface area contributed by atoms with E-state index in [0.717, 1.165) is 49.4 Å². The Morgan fingerprint density at radius 3 is 2.47 bits per heavy atom. The molecular weight excluding hydrogens is 424 g/mol. The SMILES string of the molecule is NCCNC1CCN(C(=O)c2ccc(Nc3nccc(-c4ccc(Cl)cc4)n3)cc2)CC1. The van der Waals surface area contributed by atoms with Crippen LogP contribution < -0.4 is 16.4 Å². The summed E-state index contributed by atoms with van der Waals surface area (Å²) in [5.41, 5.74) is 8.81. The summed E-state index contributed by atoms with van der Waals surface area (Å²) >= 11 is 5.97. The van der Waals surface area contributed by atoms with Crippen molar-refractivity contribution in [2.24, 2.45) is 5.73 Å². The van der Waals surface area contributed by atoms with Crippen molar-refractivity contribution in [1.82, 2.24) is 20.2 Å². The van der Waals surface area contributed by atoms with E-state index in [1.807, 2.05) is 59.5 Å². The van der Waals surface area contributed by atoms with Gasteiger partial charge in [0.2, 0.25) is 5.95 Å². The lowest BCUT2D eigenvalue weighted by molar-refractivity contribution is 0.0705. The third-order valence-electron chi connectivity index (χ3n) is 5.54. The number of rotatable bonds is 7. The van der Waals surface area contributed by atoms with Gasteiger partial charge in [0.05, 0.1) is 5.69 Å². The summed E-state index contributed by atoms with van der Waals surface area (Å²) in [7, 11) is 0. The Morgan fingerprint density at radius 2 is 1.78 bits per heavy atom. The maximum absolute atomic E-state index is 12.8. The molecule has 1 amide bonds. The van der Waals surface area contributed by atoms with Gasteiger partial charge in [0.15, 0.2) is 0 Å². The second-order valence-corrected chi connectivity index (χ2v) is 8.22. The van der Waals surface area contributed by atoms with Crippen LogP contribution in [0.5, 0.6) is 0 Å². The van der Waals surface area contributed by atoms with Crippen LogP contribution in [0, 0.1) is 0 Å². The average Bonchev–Trinajstić information content (AvgIpc) is 2.84. The van der Waals surface area contributed by atoms with Gasteiger partial charge < -0.3 is 21.3 Å². The number of benzene rings is 2. The number of hydrogen-bond acceptors (Lipinski definition) is 6. The third kappa shape index (κ3) is 5.62. The standard InChI is InChI=1S/C24H27ClN6O/c25-19-5-1-17(2-6-19)22-9-13-28-24(30-22)29-21-7-3-18(4-8-21)23(32)31-15-10-20(11-16-31)27-14-12-26/h1-9,13,20,27H,10-12,14-16,26H2,(H,28,29,30). The highest BCUT2D eigenvalue weighted by atomic mass is 35.5. The number of carbonyl (C=O) groups excluding carboxylic acids is 1. The van der Waals surface area contributed by atoms with E-state index in [0.29, 0.717) is 29.1 Å². The molecule has 0 unspecified atom stereocenters. The fourth-order valence-electron chi connectivity index (χ4n) is 3.78. The largest absolute Gasteiger partial charge is 0.339 e. The fraction of sp³-hybridized carbons (Fsp3) is 0.292. The van der Waals surface area contributed by atoms with E-state index in [1.54, 1.807) is 6.20 Å². The molecule has 0 bridgehead atoms. The minimum absolute atomic E-state index is 0.0646. The van der Waals surface area contributed by atoms with Gasteiger partial charge in [-0.1, -0.05) is 23.7 Å². The van der Waals surface area contributed by atoms with E-state index >= 15 is 0 Å². The van der Waals surface area contributed by atoms with Crippen LogP contribution in [0.3, 0.4) is 0 Å². The smallest absolute Gasteiger partial charge is 0.253 e. The van der Waals surface area contributed by atoms with Crippen molar-refractivity contribution in [3.05, 3.63) is 71.4 Å². The lowest BCUT2D eigenvalue weighted by Gasteiger charge is -2.32. The number of halogens is 1. The molecule has 7 nitrogen and oxygen atoms in total. The molecule has 0 aliphatic carbocycles. The fourth-order valence-corrected chi connectivity index (χ4v) is 3.91. The predicted molar refractivity (Wildman–Crippen MR) is 128 cm³/mol. The number of nitrogens with two attached hydrogens (primary N) is 1. The van der Waals surface area contributed by atoms with E-state index in [4.69, 9.17) is 17.3 Å². The first-order valence-corrected chi connectivity index (χ1v) is 11.2. The first-order chi connectivity index (χ1) is 15.6. The number of carbonyl (C=O) groups is 1. The number of nitrogens with zero attached hydrogens (tertiary/aromatic N) is 3. The van der Waals surface area contributed by atoms with Crippen molar-refractivity contribution < 1.29 is 4.79 Å². The summed E-state index contributed by atoms with van der Waals surface area (Å²) in [5.74, 6) is 0.554. The van der Waals surface area contributed by atoms with Gasteiger partial charge in [-0.2, -0.15) is 0 Å². The first kappa shape index (κ1) is 22.2. The van der Waals surface area contributed by atoms with Gasteiger partial charge in [-0.05, 0) is 55.3 Å². The summed E-state index contributed by atoms with van der Waals surface area (Å²) < 4.78 is 0. The van der Waals surface area contributed by atoms with Gasteiger partial charge in [0.25, 0.3) is 5.91 Å². The number of piperidine rings is 1. The molecule has 4 N–H and O–H groups in total. The van der Waals surface area contributed by atoms with Crippen molar-refractivity contribution >= 4 is 29.1 Å². The van der Waals surface area contributed by atoms with E-state index in [2.05, 4.69) is 20.6 Å². The maximum Gasteiger partial charge on any atom is 0.253 e. The van der Waals surface area contributed by atoms with E-state index in [-0.39, 0.29) is 5.91 Å². The minimum Gasteiger partial charge on any atom is -0.339 e. The second-order valence-electron chi connectivity index (χ2n) is 7.78. The van der Waals surface area contributed by atoms with E-state index < -0.39 is 0 Å². The average molecular weight is 451 g/mol. The zero-order valence-corrected chi connectivity index (χ0v) is 18.6. The molecule has 1 aliphatic heterocycles. The molecule has 0 saturated carbocycles. The van der Waals surface area contributed by atoms with Crippen LogP contribution in [0.2, 0.25) is 5.02 Å². The molecule has 2 aromatic carbocycles. The van der Waals surface area contributed by atoms with E-state index in [1.165, 1.54) is 0 Å². The molecular formula is C24H27ClN6O. The lowest BCUT2D eigenvalue weighted by atomic mass is 10.0. The topological polar surface area (TPSA) is 96.2 Å². The summed E-state index contributed by atoms with van der Waals surface area (Å²) in [5, 5.41) is 7.32. The zero-order chi connectivity index (χ0) is 22.3. The van der Waals surface area contributed by atoms with Crippen LogP contribution in [0.1, 0.15) is 23.2 Å². The van der Waals surface area contributed by atoms with Crippen molar-refractivity contribution in [2.75, 3.05) is 31.5 Å². The van der Waals surface area contributed by atoms with Crippen LogP contribution in [-0.4, -0.2) is 53.0 Å². The van der Waals surface area contributed by atoms with Crippen LogP contribution in [0.25, 0.3) is 11.3 Å². The molecule has 1 aliphatic rings. The highest BCUT2D eigenvalue weighted by molar-refractivity contribution is 6.30. The number of hydrogen-bond donors (Lipinski definition) is 3. The Hall–Kier alpha value is -3.00. The number of anilines is 2. The molecule has 0 atom stereocenters. The monoisotopic (exact) mass is 450 g/mol. The van der Waals surface area contributed by atoms with Crippen molar-refractivity contribution in [1.29, 1.82) is 0 Å². The van der Waals surface area contributed by atoms with Crippen LogP contribution in [0.15, 0.2) is 60.8 Å². The van der Waals surface area contributed by atoms with Gasteiger partial charge in [0.1, 0.15) is 0 Å². The maximum atomic E-state index is 12.8. The minimum atomic E-state index is 0.0646. The Morgan fingerprint density at radius 1 is 1.06 bits per heavy atom. The molecule has 0 radical (unpaired) electrons. The highest BCUT2D eigenvalue weighted by Crippen LogP contribution is 2.22. The van der Waals surface area contributed by atoms with Crippen molar-refractivity contribution in [3.8, 4) is 11.3 Å². The van der Waals surface area contributed by atoms with Gasteiger partial charge >= 0.3 is 0 Å². The Kier molecular flexibility index (Phi) is 7.32. The number of aromatic nitrogens is 2. The molecule has 32 heavy (non-hydrogen) atoms. The number of amides is 1. The molecule has 3 aromatic rings. The molecule has 8 heteroatoms. The molecule has 1 fully saturated rings. The van der Waals surface area contributed by atoms with Crippen molar-refractivity contribution in [2.45, 2.75) is 18.9 Å². The highest BCUT2D eigenvalue weighted by Gasteiger charge is 2.23. The molecule has 2 heterocycles. The summed E-state index contributed by atoms with van der Waals surface area (Å²) in [6.07, 6.45) is 3.61. The molecule has 0 spiro atoms. The van der Waals surface area contributed by atoms with Crippen LogP contribution in [0.4, 0.5) is 11.6 Å². The van der Waals surface area contributed by atoms with E-state index in [9.17, 15) is 4.79 Å². The van der Waals surface area contributed by atoms with Crippen molar-refractivity contribution in [3.63, 3.8) is 0 Å². The van der Waals surface area contributed by atoms with Gasteiger partial charge in [-0.15, -0.1) is 0 Å². The van der Waals surface area contributed by atoms with Gasteiger partial charge in [0, 0.05) is 60.3 Å². The van der Waals surface area contributed by atoms with Gasteiger partial charge in [-0.3, -0.25) is 4.79 Å². The Bertz CT molecular complexity index is 1030. The third-order valence-corrected chi connectivity index (χ3v) is 5.80.